The fraction of sp³-hybridized carbons (Fsp3) is 0.571. The molecule has 2 aromatic rings. The molecular formula is C28H42N2O2. The zero-order chi connectivity index (χ0) is 22.6. The minimum atomic E-state index is -0.437. The lowest BCUT2D eigenvalue weighted by molar-refractivity contribution is 0.0180. The maximum atomic E-state index is 12.4. The summed E-state index contributed by atoms with van der Waals surface area (Å²) in [5.74, 6) is 0.946. The largest absolute Gasteiger partial charge is 0.444 e. The van der Waals surface area contributed by atoms with Crippen molar-refractivity contribution < 1.29 is 9.53 Å². The highest BCUT2D eigenvalue weighted by molar-refractivity contribution is 5.68. The van der Waals surface area contributed by atoms with Crippen molar-refractivity contribution in [3.63, 3.8) is 0 Å². The topological polar surface area (TPSA) is 42.4 Å². The molecule has 32 heavy (non-hydrogen) atoms. The van der Waals surface area contributed by atoms with Crippen LogP contribution < -0.4 is 0 Å². The van der Waals surface area contributed by atoms with Crippen molar-refractivity contribution in [2.45, 2.75) is 86.2 Å². The summed E-state index contributed by atoms with van der Waals surface area (Å²) in [5.41, 5.74) is 6.04. The minimum Gasteiger partial charge on any atom is -0.444 e. The molecule has 4 heteroatoms. The Morgan fingerprint density at radius 2 is 1.81 bits per heavy atom. The summed E-state index contributed by atoms with van der Waals surface area (Å²) in [6.07, 6.45) is 6.05. The highest BCUT2D eigenvalue weighted by atomic mass is 16.6. The van der Waals surface area contributed by atoms with E-state index in [0.29, 0.717) is 11.8 Å². The van der Waals surface area contributed by atoms with E-state index in [1.807, 2.05) is 37.9 Å². The number of nitrogens with zero attached hydrogens (tertiary/aromatic N) is 2. The Morgan fingerprint density at radius 1 is 1.12 bits per heavy atom. The molecular weight excluding hydrogens is 396 g/mol. The average Bonchev–Trinajstić information content (AvgIpc) is 2.69. The summed E-state index contributed by atoms with van der Waals surface area (Å²) in [7, 11) is 0. The van der Waals surface area contributed by atoms with E-state index in [9.17, 15) is 4.79 Å². The van der Waals surface area contributed by atoms with Crippen molar-refractivity contribution in [2.75, 3.05) is 13.1 Å². The molecule has 1 aliphatic rings. The zero-order valence-electron chi connectivity index (χ0n) is 20.1. The number of amides is 1. The van der Waals surface area contributed by atoms with Crippen LogP contribution in [0.5, 0.6) is 0 Å². The lowest BCUT2D eigenvalue weighted by atomic mass is 9.82. The molecule has 0 N–H and O–H groups in total. The third-order valence-electron chi connectivity index (χ3n) is 6.31. The van der Waals surface area contributed by atoms with E-state index in [4.69, 9.17) is 9.72 Å². The molecule has 3 rings (SSSR count). The number of hydrogen-bond acceptors (Lipinski definition) is 3. The van der Waals surface area contributed by atoms with E-state index >= 15 is 0 Å². The normalized spacial score (nSPS) is 15.8. The molecule has 1 unspecified atom stereocenters. The van der Waals surface area contributed by atoms with E-state index in [1.165, 1.54) is 27.9 Å². The number of benzene rings is 1. The van der Waals surface area contributed by atoms with Crippen LogP contribution >= 0.6 is 0 Å². The summed E-state index contributed by atoms with van der Waals surface area (Å²) in [5, 5.41) is 0. The van der Waals surface area contributed by atoms with Crippen LogP contribution in [0.1, 0.15) is 87.7 Å². The van der Waals surface area contributed by atoms with Gasteiger partial charge in [0, 0.05) is 25.2 Å². The van der Waals surface area contributed by atoms with Crippen LogP contribution in [0.2, 0.25) is 0 Å². The molecule has 1 aromatic heterocycles. The first-order valence-electron chi connectivity index (χ1n) is 11.6. The minimum absolute atomic E-state index is 0. The van der Waals surface area contributed by atoms with Gasteiger partial charge in [0.2, 0.25) is 0 Å². The number of ether oxygens (including phenoxy) is 1. The van der Waals surface area contributed by atoms with Gasteiger partial charge in [0.15, 0.2) is 0 Å². The monoisotopic (exact) mass is 438 g/mol. The summed E-state index contributed by atoms with van der Waals surface area (Å²) in [4.78, 5) is 19.0. The van der Waals surface area contributed by atoms with Gasteiger partial charge < -0.3 is 9.64 Å². The summed E-state index contributed by atoms with van der Waals surface area (Å²) in [6, 6.07) is 11.0. The number of aromatic nitrogens is 1. The van der Waals surface area contributed by atoms with Gasteiger partial charge in [-0.15, -0.1) is 0 Å². The van der Waals surface area contributed by atoms with Gasteiger partial charge in [-0.05, 0) is 95.9 Å². The van der Waals surface area contributed by atoms with E-state index in [-0.39, 0.29) is 13.5 Å². The molecule has 0 aliphatic carbocycles. The molecule has 1 atom stereocenters. The third kappa shape index (κ3) is 6.82. The Morgan fingerprint density at radius 3 is 2.41 bits per heavy atom. The molecule has 0 spiro atoms. The summed E-state index contributed by atoms with van der Waals surface area (Å²) in [6.45, 7) is 13.9. The van der Waals surface area contributed by atoms with E-state index in [1.54, 1.807) is 0 Å². The molecule has 0 bridgehead atoms. The lowest BCUT2D eigenvalue weighted by Crippen LogP contribution is -2.41. The van der Waals surface area contributed by atoms with Crippen LogP contribution in [0, 0.1) is 26.7 Å². The van der Waals surface area contributed by atoms with Gasteiger partial charge in [-0.2, -0.15) is 0 Å². The van der Waals surface area contributed by atoms with Gasteiger partial charge in [0.1, 0.15) is 5.60 Å². The van der Waals surface area contributed by atoms with Gasteiger partial charge in [-0.3, -0.25) is 4.98 Å². The van der Waals surface area contributed by atoms with Crippen LogP contribution in [-0.2, 0) is 4.74 Å². The first-order chi connectivity index (χ1) is 14.6. The number of pyridine rings is 1. The number of rotatable bonds is 5. The smallest absolute Gasteiger partial charge is 0.410 e. The second-order valence-corrected chi connectivity index (χ2v) is 10.1. The highest BCUT2D eigenvalue weighted by Crippen LogP contribution is 2.35. The predicted octanol–water partition coefficient (Wildman–Crippen LogP) is 7.20. The first kappa shape index (κ1) is 25.9. The average molecular weight is 439 g/mol. The highest BCUT2D eigenvalue weighted by Gasteiger charge is 2.28. The van der Waals surface area contributed by atoms with Crippen molar-refractivity contribution >= 4 is 6.09 Å². The van der Waals surface area contributed by atoms with E-state index in [0.717, 1.165) is 38.8 Å². The molecule has 0 radical (unpaired) electrons. The molecule has 4 nitrogen and oxygen atoms in total. The van der Waals surface area contributed by atoms with Gasteiger partial charge in [0.05, 0.1) is 5.69 Å². The Bertz CT molecular complexity index is 893. The summed E-state index contributed by atoms with van der Waals surface area (Å²) >= 11 is 0. The van der Waals surface area contributed by atoms with E-state index in [2.05, 4.69) is 45.0 Å². The maximum Gasteiger partial charge on any atom is 0.410 e. The molecule has 1 amide bonds. The van der Waals surface area contributed by atoms with Crippen molar-refractivity contribution in [3.8, 4) is 0 Å². The number of piperidine rings is 1. The summed E-state index contributed by atoms with van der Waals surface area (Å²) < 4.78 is 5.54. The molecule has 1 aliphatic heterocycles. The van der Waals surface area contributed by atoms with Crippen LogP contribution in [0.15, 0.2) is 36.5 Å². The lowest BCUT2D eigenvalue weighted by Gasteiger charge is -2.34. The van der Waals surface area contributed by atoms with Crippen molar-refractivity contribution in [1.82, 2.24) is 9.88 Å². The first-order valence-corrected chi connectivity index (χ1v) is 11.6. The Balaban J connectivity index is 0.00000363. The SMILES string of the molecule is C.Cc1ccc(C(CCC2CCN(C(=O)OC(C)(C)C)CC2)c2ncccc2C)c(C)c1. The number of carbonyl (C=O) groups is 1. The maximum absolute atomic E-state index is 12.4. The van der Waals surface area contributed by atoms with Crippen molar-refractivity contribution in [2.24, 2.45) is 5.92 Å². The molecule has 176 valence electrons. The van der Waals surface area contributed by atoms with Crippen LogP contribution in [0.3, 0.4) is 0 Å². The molecule has 0 saturated carbocycles. The van der Waals surface area contributed by atoms with Gasteiger partial charge in [-0.25, -0.2) is 4.79 Å². The van der Waals surface area contributed by atoms with Crippen molar-refractivity contribution in [3.05, 3.63) is 64.5 Å². The number of likely N-dealkylation sites (tertiary alicyclic amines) is 1. The molecule has 1 aromatic carbocycles. The quantitative estimate of drug-likeness (QED) is 0.495. The van der Waals surface area contributed by atoms with Crippen LogP contribution in [-0.4, -0.2) is 34.7 Å². The number of aryl methyl sites for hydroxylation is 3. The van der Waals surface area contributed by atoms with E-state index < -0.39 is 5.60 Å². The Labute approximate surface area is 195 Å². The third-order valence-corrected chi connectivity index (χ3v) is 6.31. The fourth-order valence-electron chi connectivity index (χ4n) is 4.65. The number of carbonyl (C=O) groups excluding carboxylic acids is 1. The molecule has 2 heterocycles. The van der Waals surface area contributed by atoms with Crippen LogP contribution in [0.4, 0.5) is 4.79 Å². The Kier molecular flexibility index (Phi) is 8.89. The Hall–Kier alpha value is -2.36. The van der Waals surface area contributed by atoms with Gasteiger partial charge >= 0.3 is 6.09 Å². The standard InChI is InChI=1S/C27H38N2O2.CH4/c1-19-9-11-23(21(3)18-19)24(25-20(2)8-7-15-28-25)12-10-22-13-16-29(17-14-22)26(30)31-27(4,5)6;/h7-9,11,15,18,22,24H,10,12-14,16-17H2,1-6H3;1H4. The van der Waals surface area contributed by atoms with Crippen LogP contribution in [0.25, 0.3) is 0 Å². The van der Waals surface area contributed by atoms with Crippen molar-refractivity contribution in [1.29, 1.82) is 0 Å². The number of hydrogen-bond donors (Lipinski definition) is 0. The predicted molar refractivity (Wildman–Crippen MR) is 133 cm³/mol. The molecule has 1 fully saturated rings. The zero-order valence-corrected chi connectivity index (χ0v) is 20.1. The van der Waals surface area contributed by atoms with Gasteiger partial charge in [0.25, 0.3) is 0 Å². The van der Waals surface area contributed by atoms with Gasteiger partial charge in [-0.1, -0.05) is 37.3 Å². The molecule has 1 saturated heterocycles. The second-order valence-electron chi connectivity index (χ2n) is 10.1. The second kappa shape index (κ2) is 11.0. The fourth-order valence-corrected chi connectivity index (χ4v) is 4.65.